The number of esters is 1. The van der Waals surface area contributed by atoms with Crippen LogP contribution in [0.3, 0.4) is 0 Å². The molecule has 92 valence electrons. The van der Waals surface area contributed by atoms with Crippen LogP contribution < -0.4 is 5.32 Å². The maximum atomic E-state index is 11.0. The van der Waals surface area contributed by atoms with Crippen LogP contribution in [-0.2, 0) is 9.53 Å². The summed E-state index contributed by atoms with van der Waals surface area (Å²) in [5.41, 5.74) is 0.657. The number of hydrogen-bond acceptors (Lipinski definition) is 3. The van der Waals surface area contributed by atoms with Gasteiger partial charge in [-0.25, -0.2) is 4.79 Å². The lowest BCUT2D eigenvalue weighted by Crippen LogP contribution is -2.03. The number of hydrogen-bond donors (Lipinski definition) is 1. The SMILES string of the molecule is CCOC(=O)/C=C/CNc1c(Cl)cccc1Cl. The van der Waals surface area contributed by atoms with E-state index in [0.29, 0.717) is 28.9 Å². The summed E-state index contributed by atoms with van der Waals surface area (Å²) in [6.07, 6.45) is 3.01. The number of halogens is 2. The minimum Gasteiger partial charge on any atom is -0.463 e. The molecule has 1 rings (SSSR count). The molecule has 0 fully saturated rings. The molecule has 5 heteroatoms. The number of anilines is 1. The first-order valence-electron chi connectivity index (χ1n) is 5.16. The third-order valence-electron chi connectivity index (χ3n) is 1.90. The van der Waals surface area contributed by atoms with Crippen molar-refractivity contribution in [2.75, 3.05) is 18.5 Å². The van der Waals surface area contributed by atoms with Crippen molar-refractivity contribution < 1.29 is 9.53 Å². The van der Waals surface area contributed by atoms with Gasteiger partial charge in [-0.3, -0.25) is 0 Å². The number of ether oxygens (including phenoxy) is 1. The third kappa shape index (κ3) is 4.67. The van der Waals surface area contributed by atoms with Crippen LogP contribution in [-0.4, -0.2) is 19.1 Å². The van der Waals surface area contributed by atoms with Crippen LogP contribution in [0.5, 0.6) is 0 Å². The number of para-hydroxylation sites is 1. The third-order valence-corrected chi connectivity index (χ3v) is 2.53. The van der Waals surface area contributed by atoms with Gasteiger partial charge in [0.05, 0.1) is 22.3 Å². The normalized spacial score (nSPS) is 10.5. The Morgan fingerprint density at radius 2 is 2.06 bits per heavy atom. The summed E-state index contributed by atoms with van der Waals surface area (Å²) in [5, 5.41) is 4.11. The van der Waals surface area contributed by atoms with Crippen LogP contribution in [0.25, 0.3) is 0 Å². The van der Waals surface area contributed by atoms with Gasteiger partial charge >= 0.3 is 5.97 Å². The fourth-order valence-corrected chi connectivity index (χ4v) is 1.70. The van der Waals surface area contributed by atoms with Gasteiger partial charge in [0.2, 0.25) is 0 Å². The zero-order valence-electron chi connectivity index (χ0n) is 9.37. The minimum atomic E-state index is -0.362. The molecule has 17 heavy (non-hydrogen) atoms. The van der Waals surface area contributed by atoms with E-state index < -0.39 is 0 Å². The van der Waals surface area contributed by atoms with E-state index in [-0.39, 0.29) is 5.97 Å². The van der Waals surface area contributed by atoms with Crippen LogP contribution in [0.15, 0.2) is 30.4 Å². The highest BCUT2D eigenvalue weighted by atomic mass is 35.5. The monoisotopic (exact) mass is 273 g/mol. The average Bonchev–Trinajstić information content (AvgIpc) is 2.28. The molecule has 0 saturated carbocycles. The van der Waals surface area contributed by atoms with E-state index in [2.05, 4.69) is 5.32 Å². The molecule has 1 aromatic carbocycles. The second-order valence-corrected chi connectivity index (χ2v) is 3.95. The minimum absolute atomic E-state index is 0.362. The van der Waals surface area contributed by atoms with Crippen LogP contribution in [0.4, 0.5) is 5.69 Å². The Kier molecular flexibility index (Phi) is 5.87. The van der Waals surface area contributed by atoms with Crippen LogP contribution in [0, 0.1) is 0 Å². The maximum Gasteiger partial charge on any atom is 0.330 e. The largest absolute Gasteiger partial charge is 0.463 e. The number of nitrogens with one attached hydrogen (secondary N) is 1. The Hall–Kier alpha value is -1.19. The van der Waals surface area contributed by atoms with Gasteiger partial charge < -0.3 is 10.1 Å². The molecule has 0 aliphatic heterocycles. The summed E-state index contributed by atoms with van der Waals surface area (Å²) >= 11 is 11.9. The fourth-order valence-electron chi connectivity index (χ4n) is 1.17. The first-order valence-corrected chi connectivity index (χ1v) is 5.92. The van der Waals surface area contributed by atoms with Gasteiger partial charge in [-0.15, -0.1) is 0 Å². The standard InChI is InChI=1S/C12H13Cl2NO2/c1-2-17-11(16)7-4-8-15-12-9(13)5-3-6-10(12)14/h3-7,15H,2,8H2,1H3/b7-4+. The van der Waals surface area contributed by atoms with E-state index in [1.165, 1.54) is 6.08 Å². The molecule has 0 heterocycles. The van der Waals surface area contributed by atoms with Crippen molar-refractivity contribution in [1.82, 2.24) is 0 Å². The summed E-state index contributed by atoms with van der Waals surface area (Å²) in [5.74, 6) is -0.362. The molecular weight excluding hydrogens is 261 g/mol. The van der Waals surface area contributed by atoms with E-state index in [9.17, 15) is 4.79 Å². The highest BCUT2D eigenvalue weighted by Gasteiger charge is 2.02. The summed E-state index contributed by atoms with van der Waals surface area (Å²) in [7, 11) is 0. The summed E-state index contributed by atoms with van der Waals surface area (Å²) < 4.78 is 4.74. The Morgan fingerprint density at radius 1 is 1.41 bits per heavy atom. The molecule has 0 radical (unpaired) electrons. The summed E-state index contributed by atoms with van der Waals surface area (Å²) in [4.78, 5) is 11.0. The van der Waals surface area contributed by atoms with E-state index in [4.69, 9.17) is 27.9 Å². The highest BCUT2D eigenvalue weighted by molar-refractivity contribution is 6.39. The first-order chi connectivity index (χ1) is 8.15. The molecule has 0 saturated heterocycles. The average molecular weight is 274 g/mol. The van der Waals surface area contributed by atoms with Gasteiger partial charge in [0.25, 0.3) is 0 Å². The lowest BCUT2D eigenvalue weighted by Gasteiger charge is -2.07. The maximum absolute atomic E-state index is 11.0. The molecule has 1 N–H and O–H groups in total. The van der Waals surface area contributed by atoms with E-state index in [0.717, 1.165) is 0 Å². The number of carbonyl (C=O) groups excluding carboxylic acids is 1. The molecule has 0 spiro atoms. The Morgan fingerprint density at radius 3 is 2.65 bits per heavy atom. The van der Waals surface area contributed by atoms with Gasteiger partial charge in [-0.2, -0.15) is 0 Å². The zero-order valence-corrected chi connectivity index (χ0v) is 10.9. The second kappa shape index (κ2) is 7.20. The molecule has 0 aliphatic carbocycles. The van der Waals surface area contributed by atoms with E-state index in [1.54, 1.807) is 31.2 Å². The highest BCUT2D eigenvalue weighted by Crippen LogP contribution is 2.29. The van der Waals surface area contributed by atoms with Crippen molar-refractivity contribution in [3.8, 4) is 0 Å². The number of carbonyl (C=O) groups is 1. The molecule has 0 bridgehead atoms. The first kappa shape index (κ1) is 13.9. The van der Waals surface area contributed by atoms with Crippen molar-refractivity contribution in [3.05, 3.63) is 40.4 Å². The van der Waals surface area contributed by atoms with Gasteiger partial charge in [0.15, 0.2) is 0 Å². The van der Waals surface area contributed by atoms with Crippen molar-refractivity contribution in [3.63, 3.8) is 0 Å². The molecule has 0 aromatic heterocycles. The molecule has 1 aromatic rings. The van der Waals surface area contributed by atoms with Gasteiger partial charge in [0.1, 0.15) is 0 Å². The van der Waals surface area contributed by atoms with Gasteiger partial charge in [-0.05, 0) is 19.1 Å². The molecule has 0 unspecified atom stereocenters. The Balaban J connectivity index is 2.49. The number of rotatable bonds is 5. The molecule has 0 amide bonds. The molecule has 0 aliphatic rings. The Bertz CT molecular complexity index is 399. The predicted octanol–water partition coefficient (Wildman–Crippen LogP) is 3.52. The summed E-state index contributed by atoms with van der Waals surface area (Å²) in [6, 6.07) is 5.25. The van der Waals surface area contributed by atoms with Crippen LogP contribution >= 0.6 is 23.2 Å². The van der Waals surface area contributed by atoms with Crippen molar-refractivity contribution in [2.24, 2.45) is 0 Å². The Labute approximate surface area is 110 Å². The predicted molar refractivity (Wildman–Crippen MR) is 70.7 cm³/mol. The van der Waals surface area contributed by atoms with Crippen LogP contribution in [0.2, 0.25) is 10.0 Å². The van der Waals surface area contributed by atoms with Crippen molar-refractivity contribution >= 4 is 34.9 Å². The molecular formula is C12H13Cl2NO2. The van der Waals surface area contributed by atoms with Crippen LogP contribution in [0.1, 0.15) is 6.92 Å². The quantitative estimate of drug-likeness (QED) is 0.659. The number of benzene rings is 1. The van der Waals surface area contributed by atoms with E-state index in [1.807, 2.05) is 0 Å². The topological polar surface area (TPSA) is 38.3 Å². The van der Waals surface area contributed by atoms with Crippen molar-refractivity contribution in [1.29, 1.82) is 0 Å². The lowest BCUT2D eigenvalue weighted by molar-refractivity contribution is -0.137. The zero-order chi connectivity index (χ0) is 12.7. The smallest absolute Gasteiger partial charge is 0.330 e. The van der Waals surface area contributed by atoms with Gasteiger partial charge in [-0.1, -0.05) is 35.3 Å². The van der Waals surface area contributed by atoms with Crippen molar-refractivity contribution in [2.45, 2.75) is 6.92 Å². The van der Waals surface area contributed by atoms with Gasteiger partial charge in [0, 0.05) is 12.6 Å². The lowest BCUT2D eigenvalue weighted by atomic mass is 10.3. The molecule has 3 nitrogen and oxygen atoms in total. The second-order valence-electron chi connectivity index (χ2n) is 3.13. The fraction of sp³-hybridized carbons (Fsp3) is 0.250. The summed E-state index contributed by atoms with van der Waals surface area (Å²) in [6.45, 7) is 2.57. The molecule has 0 atom stereocenters. The van der Waals surface area contributed by atoms with E-state index >= 15 is 0 Å².